The van der Waals surface area contributed by atoms with Crippen LogP contribution in [0.25, 0.3) is 0 Å². The maximum atomic E-state index is 10.6. The number of amides is 1. The van der Waals surface area contributed by atoms with Crippen molar-refractivity contribution >= 4 is 5.91 Å². The Morgan fingerprint density at radius 2 is 2.10 bits per heavy atom. The van der Waals surface area contributed by atoms with Gasteiger partial charge in [-0.05, 0) is 6.92 Å². The molecule has 0 atom stereocenters. The molecule has 0 aromatic rings. The van der Waals surface area contributed by atoms with E-state index in [9.17, 15) is 4.79 Å². The molecule has 56 valence electrons. The van der Waals surface area contributed by atoms with Crippen molar-refractivity contribution in [3.63, 3.8) is 0 Å². The summed E-state index contributed by atoms with van der Waals surface area (Å²) < 4.78 is 0. The van der Waals surface area contributed by atoms with Gasteiger partial charge in [0.05, 0.1) is 0 Å². The van der Waals surface area contributed by atoms with Crippen molar-refractivity contribution in [2.75, 3.05) is 7.05 Å². The highest BCUT2D eigenvalue weighted by atomic mass is 16.5. The lowest BCUT2D eigenvalue weighted by molar-refractivity contribution is -0.153. The fraction of sp³-hybridized carbons (Fsp3) is 0.286. The molecule has 3 heteroatoms. The quantitative estimate of drug-likeness (QED) is 0.269. The van der Waals surface area contributed by atoms with Gasteiger partial charge in [-0.2, -0.15) is 0 Å². The summed E-state index contributed by atoms with van der Waals surface area (Å²) in [5.74, 6) is -0.432. The molecule has 0 aliphatic rings. The molecule has 0 aliphatic carbocycles. The Balaban J connectivity index is 3.78. The third-order valence-electron chi connectivity index (χ3n) is 0.861. The summed E-state index contributed by atoms with van der Waals surface area (Å²) in [6.07, 6.45) is 6.34. The van der Waals surface area contributed by atoms with E-state index in [0.29, 0.717) is 5.06 Å². The van der Waals surface area contributed by atoms with Crippen LogP contribution in [-0.4, -0.2) is 23.2 Å². The fourth-order valence-corrected chi connectivity index (χ4v) is 0.357. The van der Waals surface area contributed by atoms with Crippen molar-refractivity contribution < 1.29 is 10.0 Å². The maximum Gasteiger partial charge on any atom is 0.269 e. The number of carbonyl (C=O) groups excluding carboxylic acids is 1. The van der Waals surface area contributed by atoms with Gasteiger partial charge >= 0.3 is 0 Å². The van der Waals surface area contributed by atoms with Crippen LogP contribution in [0.1, 0.15) is 6.92 Å². The Morgan fingerprint density at radius 3 is 2.50 bits per heavy atom. The Hall–Kier alpha value is -1.09. The zero-order chi connectivity index (χ0) is 7.98. The molecular weight excluding hydrogens is 130 g/mol. The van der Waals surface area contributed by atoms with Crippen LogP contribution in [0.15, 0.2) is 24.3 Å². The van der Waals surface area contributed by atoms with Gasteiger partial charge < -0.3 is 0 Å². The smallest absolute Gasteiger partial charge is 0.269 e. The molecule has 0 saturated carbocycles. The summed E-state index contributed by atoms with van der Waals surface area (Å²) in [5.41, 5.74) is 0. The normalized spacial score (nSPS) is 11.1. The number of rotatable bonds is 2. The number of hydrogen-bond acceptors (Lipinski definition) is 2. The third-order valence-corrected chi connectivity index (χ3v) is 0.861. The molecule has 0 aromatic heterocycles. The van der Waals surface area contributed by atoms with Crippen molar-refractivity contribution in [3.05, 3.63) is 24.3 Å². The van der Waals surface area contributed by atoms with Crippen LogP contribution >= 0.6 is 0 Å². The van der Waals surface area contributed by atoms with Crippen molar-refractivity contribution in [2.45, 2.75) is 6.92 Å². The van der Waals surface area contributed by atoms with Gasteiger partial charge in [0.1, 0.15) is 0 Å². The van der Waals surface area contributed by atoms with Crippen LogP contribution in [0.3, 0.4) is 0 Å². The number of likely N-dealkylation sites (N-methyl/N-ethyl adjacent to an activating group) is 1. The monoisotopic (exact) mass is 141 g/mol. The number of hydrogen-bond donors (Lipinski definition) is 1. The van der Waals surface area contributed by atoms with Crippen LogP contribution < -0.4 is 0 Å². The summed E-state index contributed by atoms with van der Waals surface area (Å²) in [7, 11) is 1.28. The van der Waals surface area contributed by atoms with Crippen molar-refractivity contribution in [2.24, 2.45) is 0 Å². The second kappa shape index (κ2) is 4.76. The highest BCUT2D eigenvalue weighted by Crippen LogP contribution is 1.81. The van der Waals surface area contributed by atoms with Crippen molar-refractivity contribution in [1.29, 1.82) is 0 Å². The highest BCUT2D eigenvalue weighted by molar-refractivity contribution is 5.86. The minimum absolute atomic E-state index is 0.432. The summed E-state index contributed by atoms with van der Waals surface area (Å²) in [6.45, 7) is 1.84. The standard InChI is InChI=1S/C7H11NO2/c1-3-4-5-6-7(9)8(2)10/h3-6,10H,1-2H3/b4-3+,6-5+. The lowest BCUT2D eigenvalue weighted by atomic mass is 10.4. The molecule has 10 heavy (non-hydrogen) atoms. The van der Waals surface area contributed by atoms with E-state index >= 15 is 0 Å². The number of nitrogens with zero attached hydrogens (tertiary/aromatic N) is 1. The largest absolute Gasteiger partial charge is 0.286 e. The molecule has 1 amide bonds. The van der Waals surface area contributed by atoms with Gasteiger partial charge in [-0.15, -0.1) is 0 Å². The second-order valence-electron chi connectivity index (χ2n) is 1.75. The second-order valence-corrected chi connectivity index (χ2v) is 1.75. The van der Waals surface area contributed by atoms with E-state index in [-0.39, 0.29) is 0 Å². The molecular formula is C7H11NO2. The van der Waals surface area contributed by atoms with E-state index in [1.165, 1.54) is 13.1 Å². The van der Waals surface area contributed by atoms with Crippen molar-refractivity contribution in [1.82, 2.24) is 5.06 Å². The van der Waals surface area contributed by atoms with Gasteiger partial charge in [0, 0.05) is 13.1 Å². The van der Waals surface area contributed by atoms with E-state index in [4.69, 9.17) is 5.21 Å². The Bertz CT molecular complexity index is 159. The van der Waals surface area contributed by atoms with Gasteiger partial charge in [0.2, 0.25) is 0 Å². The summed E-state index contributed by atoms with van der Waals surface area (Å²) >= 11 is 0. The molecule has 0 spiro atoms. The third kappa shape index (κ3) is 3.86. The minimum Gasteiger partial charge on any atom is -0.286 e. The zero-order valence-electron chi connectivity index (χ0n) is 6.11. The predicted molar refractivity (Wildman–Crippen MR) is 38.5 cm³/mol. The molecule has 0 heterocycles. The van der Waals surface area contributed by atoms with Crippen molar-refractivity contribution in [3.8, 4) is 0 Å². The van der Waals surface area contributed by atoms with Gasteiger partial charge in [-0.25, -0.2) is 5.06 Å². The molecule has 0 bridgehead atoms. The van der Waals surface area contributed by atoms with Crippen LogP contribution in [0.5, 0.6) is 0 Å². The number of carbonyl (C=O) groups is 1. The average molecular weight is 141 g/mol. The highest BCUT2D eigenvalue weighted by Gasteiger charge is 1.96. The van der Waals surface area contributed by atoms with E-state index in [2.05, 4.69) is 0 Å². The number of hydroxylamine groups is 2. The number of allylic oxidation sites excluding steroid dienone is 3. The Kier molecular flexibility index (Phi) is 4.24. The lowest BCUT2D eigenvalue weighted by Crippen LogP contribution is -2.19. The molecule has 0 rings (SSSR count). The van der Waals surface area contributed by atoms with Gasteiger partial charge in [-0.3, -0.25) is 10.0 Å². The molecule has 0 aromatic carbocycles. The molecule has 0 radical (unpaired) electrons. The molecule has 1 N–H and O–H groups in total. The molecule has 0 unspecified atom stereocenters. The first-order valence-electron chi connectivity index (χ1n) is 2.94. The maximum absolute atomic E-state index is 10.6. The van der Waals surface area contributed by atoms with Gasteiger partial charge in [0.15, 0.2) is 0 Å². The first kappa shape index (κ1) is 8.91. The summed E-state index contributed by atoms with van der Waals surface area (Å²) in [6, 6.07) is 0. The summed E-state index contributed by atoms with van der Waals surface area (Å²) in [5, 5.41) is 9.06. The van der Waals surface area contributed by atoms with Gasteiger partial charge in [0.25, 0.3) is 5.91 Å². The first-order valence-corrected chi connectivity index (χ1v) is 2.94. The topological polar surface area (TPSA) is 40.5 Å². The lowest BCUT2D eigenvalue weighted by Gasteiger charge is -2.01. The van der Waals surface area contributed by atoms with Crippen LogP contribution in [0.2, 0.25) is 0 Å². The molecule has 0 saturated heterocycles. The Labute approximate surface area is 60.2 Å². The van der Waals surface area contributed by atoms with Crippen LogP contribution in [-0.2, 0) is 4.79 Å². The Morgan fingerprint density at radius 1 is 1.50 bits per heavy atom. The van der Waals surface area contributed by atoms with E-state index in [1.807, 2.05) is 6.92 Å². The SMILES string of the molecule is C/C=C/C=C/C(=O)N(C)O. The predicted octanol–water partition coefficient (Wildman–Crippen LogP) is 0.966. The van der Waals surface area contributed by atoms with Crippen LogP contribution in [0, 0.1) is 0 Å². The van der Waals surface area contributed by atoms with E-state index in [1.54, 1.807) is 18.2 Å². The first-order chi connectivity index (χ1) is 4.68. The zero-order valence-corrected chi connectivity index (χ0v) is 6.11. The molecule has 3 nitrogen and oxygen atoms in total. The minimum atomic E-state index is -0.432. The van der Waals surface area contributed by atoms with Crippen LogP contribution in [0.4, 0.5) is 0 Å². The van der Waals surface area contributed by atoms with E-state index in [0.717, 1.165) is 0 Å². The van der Waals surface area contributed by atoms with Gasteiger partial charge in [-0.1, -0.05) is 18.2 Å². The molecule has 0 aliphatic heterocycles. The fourth-order valence-electron chi connectivity index (χ4n) is 0.357. The van der Waals surface area contributed by atoms with E-state index < -0.39 is 5.91 Å². The molecule has 0 fully saturated rings. The average Bonchev–Trinajstić information content (AvgIpc) is 1.88. The summed E-state index contributed by atoms with van der Waals surface area (Å²) in [4.78, 5) is 10.6.